The highest BCUT2D eigenvalue weighted by molar-refractivity contribution is 5.82. The molecular formula is C24H35N3O2. The Bertz CT molecular complexity index is 704. The Labute approximate surface area is 174 Å². The lowest BCUT2D eigenvalue weighted by molar-refractivity contribution is -0.131. The highest BCUT2D eigenvalue weighted by atomic mass is 16.5. The number of amides is 1. The van der Waals surface area contributed by atoms with Gasteiger partial charge in [-0.15, -0.1) is 0 Å². The molecule has 0 radical (unpaired) electrons. The van der Waals surface area contributed by atoms with Crippen LogP contribution in [0.1, 0.15) is 45.4 Å². The average molecular weight is 398 g/mol. The van der Waals surface area contributed by atoms with Gasteiger partial charge in [-0.3, -0.25) is 9.69 Å². The highest BCUT2D eigenvalue weighted by Crippen LogP contribution is 2.55. The molecule has 4 bridgehead atoms. The van der Waals surface area contributed by atoms with E-state index >= 15 is 0 Å². The van der Waals surface area contributed by atoms with E-state index in [1.807, 2.05) is 12.1 Å². The second-order valence-corrected chi connectivity index (χ2v) is 10.1. The molecule has 5 fully saturated rings. The number of nitrogens with zero attached hydrogens (tertiary/aromatic N) is 2. The second-order valence-electron chi connectivity index (χ2n) is 10.1. The van der Waals surface area contributed by atoms with Gasteiger partial charge in [0.15, 0.2) is 0 Å². The van der Waals surface area contributed by atoms with Crippen LogP contribution in [0.15, 0.2) is 24.3 Å². The Hall–Kier alpha value is -1.75. The maximum absolute atomic E-state index is 13.2. The molecule has 4 aliphatic carbocycles. The minimum atomic E-state index is -0.0407. The van der Waals surface area contributed by atoms with Gasteiger partial charge in [0.05, 0.1) is 13.2 Å². The number of ether oxygens (including phenoxy) is 1. The number of methoxy groups -OCH3 is 1. The van der Waals surface area contributed by atoms with Crippen molar-refractivity contribution < 1.29 is 9.53 Å². The van der Waals surface area contributed by atoms with E-state index in [-0.39, 0.29) is 17.5 Å². The highest BCUT2D eigenvalue weighted by Gasteiger charge is 2.51. The first kappa shape index (κ1) is 19.2. The summed E-state index contributed by atoms with van der Waals surface area (Å²) < 4.78 is 5.26. The molecule has 1 amide bonds. The second kappa shape index (κ2) is 7.50. The zero-order chi connectivity index (χ0) is 20.0. The lowest BCUT2D eigenvalue weighted by Crippen LogP contribution is -2.63. The van der Waals surface area contributed by atoms with Gasteiger partial charge in [-0.25, -0.2) is 0 Å². The molecule has 1 unspecified atom stereocenters. The molecule has 1 N–H and O–H groups in total. The lowest BCUT2D eigenvalue weighted by atomic mass is 9.53. The minimum absolute atomic E-state index is 0.0407. The summed E-state index contributed by atoms with van der Waals surface area (Å²) >= 11 is 0. The first-order valence-electron chi connectivity index (χ1n) is 11.5. The van der Waals surface area contributed by atoms with Crippen molar-refractivity contribution in [3.8, 4) is 5.75 Å². The smallest absolute Gasteiger partial charge is 0.237 e. The fourth-order valence-corrected chi connectivity index (χ4v) is 6.96. The fraction of sp³-hybridized carbons (Fsp3) is 0.708. The third-order valence-corrected chi connectivity index (χ3v) is 8.11. The quantitative estimate of drug-likeness (QED) is 0.828. The molecule has 1 aromatic rings. The van der Waals surface area contributed by atoms with Crippen LogP contribution in [0.5, 0.6) is 5.75 Å². The number of piperazine rings is 1. The summed E-state index contributed by atoms with van der Waals surface area (Å²) in [6.45, 7) is 5.88. The molecule has 5 heteroatoms. The number of hydrogen-bond donors (Lipinski definition) is 1. The molecule has 0 aromatic heterocycles. The number of benzene rings is 1. The summed E-state index contributed by atoms with van der Waals surface area (Å²) in [7, 11) is 1.70. The summed E-state index contributed by atoms with van der Waals surface area (Å²) in [4.78, 5) is 17.9. The molecule has 4 saturated carbocycles. The number of hydrogen-bond acceptors (Lipinski definition) is 4. The standard InChI is InChI=1S/C24H35N3O2/c1-17(23(28)25-24-14-18-11-19(15-24)13-20(12-18)16-24)26-7-9-27(10-8-26)21-3-5-22(29-2)6-4-21/h3-6,17-20H,7-16H2,1-2H3,(H,25,28). The van der Waals surface area contributed by atoms with Crippen LogP contribution >= 0.6 is 0 Å². The minimum Gasteiger partial charge on any atom is -0.497 e. The first-order chi connectivity index (χ1) is 14.0. The molecule has 1 atom stereocenters. The van der Waals surface area contributed by atoms with Crippen LogP contribution in [0.3, 0.4) is 0 Å². The molecule has 5 aliphatic rings. The van der Waals surface area contributed by atoms with Crippen LogP contribution < -0.4 is 15.0 Å². The molecule has 1 heterocycles. The van der Waals surface area contributed by atoms with Crippen LogP contribution in [-0.4, -0.2) is 55.7 Å². The average Bonchev–Trinajstić information content (AvgIpc) is 2.72. The van der Waals surface area contributed by atoms with Crippen LogP contribution in [0, 0.1) is 17.8 Å². The topological polar surface area (TPSA) is 44.8 Å². The van der Waals surface area contributed by atoms with Gasteiger partial charge in [0.25, 0.3) is 0 Å². The lowest BCUT2D eigenvalue weighted by Gasteiger charge is -2.57. The molecular weight excluding hydrogens is 362 g/mol. The number of nitrogens with one attached hydrogen (secondary N) is 1. The van der Waals surface area contributed by atoms with Gasteiger partial charge in [0, 0.05) is 37.4 Å². The third kappa shape index (κ3) is 3.74. The van der Waals surface area contributed by atoms with Crippen molar-refractivity contribution in [2.45, 2.75) is 57.0 Å². The predicted molar refractivity (Wildman–Crippen MR) is 115 cm³/mol. The molecule has 5 nitrogen and oxygen atoms in total. The van der Waals surface area contributed by atoms with Crippen molar-refractivity contribution in [3.05, 3.63) is 24.3 Å². The van der Waals surface area contributed by atoms with E-state index < -0.39 is 0 Å². The monoisotopic (exact) mass is 397 g/mol. The van der Waals surface area contributed by atoms with Crippen LogP contribution in [0.2, 0.25) is 0 Å². The molecule has 29 heavy (non-hydrogen) atoms. The zero-order valence-corrected chi connectivity index (χ0v) is 17.9. The predicted octanol–water partition coefficient (Wildman–Crippen LogP) is 3.29. The van der Waals surface area contributed by atoms with Gasteiger partial charge < -0.3 is 15.0 Å². The van der Waals surface area contributed by atoms with Gasteiger partial charge in [-0.1, -0.05) is 0 Å². The van der Waals surface area contributed by atoms with Gasteiger partial charge in [-0.2, -0.15) is 0 Å². The van der Waals surface area contributed by atoms with E-state index in [0.717, 1.165) is 49.7 Å². The Kier molecular flexibility index (Phi) is 4.97. The van der Waals surface area contributed by atoms with Crippen molar-refractivity contribution in [2.75, 3.05) is 38.2 Å². The number of carbonyl (C=O) groups excluding carboxylic acids is 1. The molecule has 1 aromatic carbocycles. The Morgan fingerprint density at radius 2 is 1.55 bits per heavy atom. The molecule has 1 aliphatic heterocycles. The van der Waals surface area contributed by atoms with Crippen molar-refractivity contribution in [2.24, 2.45) is 17.8 Å². The van der Waals surface area contributed by atoms with Crippen molar-refractivity contribution in [1.29, 1.82) is 0 Å². The number of rotatable bonds is 5. The SMILES string of the molecule is COc1ccc(N2CCN(C(C)C(=O)NC34CC5CC(CC(C5)C3)C4)CC2)cc1. The van der Waals surface area contributed by atoms with Crippen LogP contribution in [0.4, 0.5) is 5.69 Å². The fourth-order valence-electron chi connectivity index (χ4n) is 6.96. The first-order valence-corrected chi connectivity index (χ1v) is 11.5. The van der Waals surface area contributed by atoms with E-state index in [2.05, 4.69) is 34.2 Å². The van der Waals surface area contributed by atoms with E-state index in [9.17, 15) is 4.79 Å². The summed E-state index contributed by atoms with van der Waals surface area (Å²) in [5.74, 6) is 3.74. The van der Waals surface area contributed by atoms with Crippen molar-refractivity contribution in [3.63, 3.8) is 0 Å². The summed E-state index contributed by atoms with van der Waals surface area (Å²) in [6, 6.07) is 8.24. The van der Waals surface area contributed by atoms with Gasteiger partial charge >= 0.3 is 0 Å². The number of carbonyl (C=O) groups is 1. The number of anilines is 1. The van der Waals surface area contributed by atoms with Crippen molar-refractivity contribution in [1.82, 2.24) is 10.2 Å². The summed E-state index contributed by atoms with van der Waals surface area (Å²) in [6.07, 6.45) is 7.92. The zero-order valence-electron chi connectivity index (χ0n) is 17.9. The molecule has 1 saturated heterocycles. The Balaban J connectivity index is 1.16. The normalized spacial score (nSPS) is 34.8. The largest absolute Gasteiger partial charge is 0.497 e. The molecule has 0 spiro atoms. The van der Waals surface area contributed by atoms with Gasteiger partial charge in [-0.05, 0) is 87.5 Å². The van der Waals surface area contributed by atoms with E-state index in [0.29, 0.717) is 0 Å². The summed E-state index contributed by atoms with van der Waals surface area (Å²) in [5, 5.41) is 3.57. The van der Waals surface area contributed by atoms with E-state index in [1.165, 1.54) is 44.2 Å². The van der Waals surface area contributed by atoms with Crippen LogP contribution in [-0.2, 0) is 4.79 Å². The Morgan fingerprint density at radius 1 is 1.00 bits per heavy atom. The molecule has 6 rings (SSSR count). The maximum Gasteiger partial charge on any atom is 0.237 e. The van der Waals surface area contributed by atoms with Crippen LogP contribution in [0.25, 0.3) is 0 Å². The van der Waals surface area contributed by atoms with Gasteiger partial charge in [0.2, 0.25) is 5.91 Å². The van der Waals surface area contributed by atoms with Gasteiger partial charge in [0.1, 0.15) is 5.75 Å². The van der Waals surface area contributed by atoms with E-state index in [1.54, 1.807) is 7.11 Å². The Morgan fingerprint density at radius 3 is 2.07 bits per heavy atom. The summed E-state index contributed by atoms with van der Waals surface area (Å²) in [5.41, 5.74) is 1.35. The third-order valence-electron chi connectivity index (χ3n) is 8.11. The van der Waals surface area contributed by atoms with E-state index in [4.69, 9.17) is 4.74 Å². The van der Waals surface area contributed by atoms with Crippen molar-refractivity contribution >= 4 is 11.6 Å². The maximum atomic E-state index is 13.2. The molecule has 158 valence electrons.